The molecule has 0 unspecified atom stereocenters. The van der Waals surface area contributed by atoms with Crippen LogP contribution >= 0.6 is 0 Å². The normalized spacial score (nSPS) is 24.2. The Kier molecular flexibility index (Phi) is 5.24. The van der Waals surface area contributed by atoms with Crippen LogP contribution in [0, 0.1) is 0 Å². The molecule has 0 saturated carbocycles. The van der Waals surface area contributed by atoms with Crippen LogP contribution in [0.3, 0.4) is 0 Å². The second kappa shape index (κ2) is 6.97. The maximum Gasteiger partial charge on any atom is 0.494 e. The smallest absolute Gasteiger partial charge is 0.399 e. The topological polar surface area (TPSA) is 21.7 Å². The SMILES string of the molecule is CC1(C)OB(c2ccc(C3CCN(CC(F)F)CC3)cc2)OC1(C)C. The Labute approximate surface area is 149 Å². The molecule has 138 valence electrons. The van der Waals surface area contributed by atoms with Crippen molar-refractivity contribution in [1.29, 1.82) is 0 Å². The van der Waals surface area contributed by atoms with E-state index in [1.807, 2.05) is 4.90 Å². The molecule has 2 fully saturated rings. The van der Waals surface area contributed by atoms with Crippen molar-refractivity contribution in [2.45, 2.75) is 64.1 Å². The van der Waals surface area contributed by atoms with Crippen LogP contribution in [0.25, 0.3) is 0 Å². The minimum Gasteiger partial charge on any atom is -0.399 e. The first-order valence-corrected chi connectivity index (χ1v) is 9.14. The first kappa shape index (κ1) is 18.8. The van der Waals surface area contributed by atoms with Crippen LogP contribution in [0.4, 0.5) is 8.78 Å². The summed E-state index contributed by atoms with van der Waals surface area (Å²) in [5, 5.41) is 0. The van der Waals surface area contributed by atoms with Crippen molar-refractivity contribution in [3.8, 4) is 0 Å². The second-order valence-electron chi connectivity index (χ2n) is 8.22. The number of hydrogen-bond acceptors (Lipinski definition) is 3. The summed E-state index contributed by atoms with van der Waals surface area (Å²) in [5.41, 5.74) is 1.62. The predicted molar refractivity (Wildman–Crippen MR) is 96.6 cm³/mol. The summed E-state index contributed by atoms with van der Waals surface area (Å²) in [6, 6.07) is 8.41. The molecular weight excluding hydrogens is 323 g/mol. The number of benzene rings is 1. The molecule has 0 N–H and O–H groups in total. The molecule has 0 spiro atoms. The quantitative estimate of drug-likeness (QED) is 0.776. The Hall–Kier alpha value is -0.975. The standard InChI is InChI=1S/C19H28BF2NO2/c1-18(2)19(3,4)25-20(24-18)16-7-5-14(6-8-16)15-9-11-23(12-10-15)13-17(21)22/h5-8,15,17H,9-13H2,1-4H3. The van der Waals surface area contributed by atoms with Crippen LogP contribution in [0.1, 0.15) is 52.0 Å². The van der Waals surface area contributed by atoms with Crippen LogP contribution < -0.4 is 5.46 Å². The van der Waals surface area contributed by atoms with Gasteiger partial charge in [-0.05, 0) is 70.6 Å². The average Bonchev–Trinajstić information content (AvgIpc) is 2.76. The van der Waals surface area contributed by atoms with E-state index in [0.717, 1.165) is 31.4 Å². The Morgan fingerprint density at radius 3 is 2.04 bits per heavy atom. The summed E-state index contributed by atoms with van der Waals surface area (Å²) in [5.74, 6) is 0.446. The van der Waals surface area contributed by atoms with Crippen LogP contribution in [0.2, 0.25) is 0 Å². The number of nitrogens with zero attached hydrogens (tertiary/aromatic N) is 1. The summed E-state index contributed by atoms with van der Waals surface area (Å²) in [7, 11) is -0.341. The fourth-order valence-electron chi connectivity index (χ4n) is 3.55. The highest BCUT2D eigenvalue weighted by Gasteiger charge is 2.51. The van der Waals surface area contributed by atoms with Gasteiger partial charge in [0.1, 0.15) is 0 Å². The molecule has 0 aromatic heterocycles. The number of alkyl halides is 2. The van der Waals surface area contributed by atoms with Gasteiger partial charge in [0.2, 0.25) is 0 Å². The van der Waals surface area contributed by atoms with Crippen LogP contribution in [-0.4, -0.2) is 49.3 Å². The summed E-state index contributed by atoms with van der Waals surface area (Å²) >= 11 is 0. The molecule has 3 nitrogen and oxygen atoms in total. The first-order valence-electron chi connectivity index (χ1n) is 9.14. The van der Waals surface area contributed by atoms with E-state index < -0.39 is 6.43 Å². The molecule has 0 aliphatic carbocycles. The summed E-state index contributed by atoms with van der Waals surface area (Å²) in [4.78, 5) is 1.86. The van der Waals surface area contributed by atoms with Crippen LogP contribution in [0.15, 0.2) is 24.3 Å². The zero-order valence-corrected chi connectivity index (χ0v) is 15.6. The summed E-state index contributed by atoms with van der Waals surface area (Å²) in [6.07, 6.45) is -0.374. The zero-order valence-electron chi connectivity index (χ0n) is 15.6. The fraction of sp³-hybridized carbons (Fsp3) is 0.684. The van der Waals surface area contributed by atoms with Gasteiger partial charge in [-0.1, -0.05) is 24.3 Å². The van der Waals surface area contributed by atoms with Gasteiger partial charge >= 0.3 is 7.12 Å². The fourth-order valence-corrected chi connectivity index (χ4v) is 3.55. The van der Waals surface area contributed by atoms with E-state index in [-0.39, 0.29) is 24.9 Å². The molecule has 0 bridgehead atoms. The van der Waals surface area contributed by atoms with Gasteiger partial charge in [-0.25, -0.2) is 8.78 Å². The third-order valence-electron chi connectivity index (χ3n) is 5.92. The minimum atomic E-state index is -2.24. The molecule has 1 aromatic carbocycles. The highest BCUT2D eigenvalue weighted by atomic mass is 19.3. The van der Waals surface area contributed by atoms with E-state index in [1.54, 1.807) is 0 Å². The van der Waals surface area contributed by atoms with Crippen molar-refractivity contribution in [2.75, 3.05) is 19.6 Å². The van der Waals surface area contributed by atoms with Gasteiger partial charge in [-0.3, -0.25) is 4.90 Å². The Morgan fingerprint density at radius 1 is 1.04 bits per heavy atom. The van der Waals surface area contributed by atoms with Gasteiger partial charge in [0.15, 0.2) is 0 Å². The largest absolute Gasteiger partial charge is 0.494 e. The lowest BCUT2D eigenvalue weighted by atomic mass is 9.77. The van der Waals surface area contributed by atoms with Gasteiger partial charge in [-0.2, -0.15) is 0 Å². The molecule has 6 heteroatoms. The summed E-state index contributed by atoms with van der Waals surface area (Å²) < 4.78 is 37.1. The molecular formula is C19H28BF2NO2. The van der Waals surface area contributed by atoms with Gasteiger partial charge in [0.05, 0.1) is 17.7 Å². The van der Waals surface area contributed by atoms with Crippen molar-refractivity contribution in [2.24, 2.45) is 0 Å². The molecule has 25 heavy (non-hydrogen) atoms. The number of hydrogen-bond donors (Lipinski definition) is 0. The molecule has 0 radical (unpaired) electrons. The lowest BCUT2D eigenvalue weighted by Crippen LogP contribution is -2.41. The van der Waals surface area contributed by atoms with Gasteiger partial charge < -0.3 is 9.31 Å². The van der Waals surface area contributed by atoms with E-state index >= 15 is 0 Å². The molecule has 0 amide bonds. The number of piperidine rings is 1. The van der Waals surface area contributed by atoms with Gasteiger partial charge in [-0.15, -0.1) is 0 Å². The van der Waals surface area contributed by atoms with E-state index in [2.05, 4.69) is 52.0 Å². The van der Waals surface area contributed by atoms with E-state index in [0.29, 0.717) is 5.92 Å². The monoisotopic (exact) mass is 351 g/mol. The number of likely N-dealkylation sites (tertiary alicyclic amines) is 1. The van der Waals surface area contributed by atoms with E-state index in [1.165, 1.54) is 5.56 Å². The Balaban J connectivity index is 1.60. The molecule has 3 rings (SSSR count). The molecule has 2 heterocycles. The molecule has 2 aliphatic rings. The highest BCUT2D eigenvalue weighted by molar-refractivity contribution is 6.62. The van der Waals surface area contributed by atoms with Crippen molar-refractivity contribution in [3.63, 3.8) is 0 Å². The molecule has 1 aromatic rings. The van der Waals surface area contributed by atoms with Crippen LogP contribution in [0.5, 0.6) is 0 Å². The molecule has 2 aliphatic heterocycles. The van der Waals surface area contributed by atoms with Gasteiger partial charge in [0.25, 0.3) is 6.43 Å². The summed E-state index contributed by atoms with van der Waals surface area (Å²) in [6.45, 7) is 9.59. The number of halogens is 2. The molecule has 2 saturated heterocycles. The van der Waals surface area contributed by atoms with Crippen molar-refractivity contribution < 1.29 is 18.1 Å². The van der Waals surface area contributed by atoms with E-state index in [9.17, 15) is 8.78 Å². The Morgan fingerprint density at radius 2 is 1.56 bits per heavy atom. The lowest BCUT2D eigenvalue weighted by molar-refractivity contribution is 0.00578. The second-order valence-corrected chi connectivity index (χ2v) is 8.22. The van der Waals surface area contributed by atoms with E-state index in [4.69, 9.17) is 9.31 Å². The molecule has 0 atom stereocenters. The highest BCUT2D eigenvalue weighted by Crippen LogP contribution is 2.36. The van der Waals surface area contributed by atoms with Crippen molar-refractivity contribution in [3.05, 3.63) is 29.8 Å². The third kappa shape index (κ3) is 4.07. The van der Waals surface area contributed by atoms with Crippen molar-refractivity contribution in [1.82, 2.24) is 4.90 Å². The first-order chi connectivity index (χ1) is 11.7. The van der Waals surface area contributed by atoms with Crippen LogP contribution in [-0.2, 0) is 9.31 Å². The lowest BCUT2D eigenvalue weighted by Gasteiger charge is -2.32. The maximum atomic E-state index is 12.5. The Bertz CT molecular complexity index is 568. The minimum absolute atomic E-state index is 0.104. The third-order valence-corrected chi connectivity index (χ3v) is 5.92. The zero-order chi connectivity index (χ0) is 18.2. The number of rotatable bonds is 4. The maximum absolute atomic E-state index is 12.5. The van der Waals surface area contributed by atoms with Gasteiger partial charge in [0, 0.05) is 0 Å². The predicted octanol–water partition coefficient (Wildman–Crippen LogP) is 3.43. The average molecular weight is 351 g/mol. The van der Waals surface area contributed by atoms with Crippen molar-refractivity contribution >= 4 is 12.6 Å².